The summed E-state index contributed by atoms with van der Waals surface area (Å²) in [6.07, 6.45) is 4.45. The second-order valence-corrected chi connectivity index (χ2v) is 10.9. The van der Waals surface area contributed by atoms with E-state index in [1.54, 1.807) is 0 Å². The Morgan fingerprint density at radius 1 is 1.32 bits per heavy atom. The molecule has 158 valence electrons. The molecule has 2 rings (SSSR count). The summed E-state index contributed by atoms with van der Waals surface area (Å²) in [6, 6.07) is 4.12. The molecule has 0 saturated carbocycles. The van der Waals surface area contributed by atoms with Crippen LogP contribution in [0.3, 0.4) is 0 Å². The van der Waals surface area contributed by atoms with Crippen LogP contribution in [-0.2, 0) is 10.2 Å². The molecular weight excluding hydrogens is 350 g/mol. The predicted octanol–water partition coefficient (Wildman–Crippen LogP) is 5.19. The van der Waals surface area contributed by atoms with Crippen LogP contribution in [0.25, 0.3) is 0 Å². The summed E-state index contributed by atoms with van der Waals surface area (Å²) in [5.74, 6) is 0.430. The van der Waals surface area contributed by atoms with E-state index in [0.29, 0.717) is 5.92 Å². The Balaban J connectivity index is 1.97. The van der Waals surface area contributed by atoms with Crippen LogP contribution in [0.4, 0.5) is 4.79 Å². The number of hydrogen-bond acceptors (Lipinski definition) is 4. The molecule has 5 nitrogen and oxygen atoms in total. The van der Waals surface area contributed by atoms with Crippen LogP contribution in [0.2, 0.25) is 0 Å². The fourth-order valence-electron chi connectivity index (χ4n) is 3.90. The molecule has 2 N–H and O–H groups in total. The third kappa shape index (κ3) is 5.94. The van der Waals surface area contributed by atoms with Gasteiger partial charge in [0.2, 0.25) is 0 Å². The van der Waals surface area contributed by atoms with Gasteiger partial charge in [-0.3, -0.25) is 4.98 Å². The first-order chi connectivity index (χ1) is 12.7. The van der Waals surface area contributed by atoms with Crippen molar-refractivity contribution >= 4 is 6.09 Å². The number of nitrogens with zero attached hydrogens (tertiary/aromatic N) is 2. The van der Waals surface area contributed by atoms with E-state index in [2.05, 4.69) is 51.7 Å². The Morgan fingerprint density at radius 3 is 2.54 bits per heavy atom. The Kier molecular flexibility index (Phi) is 6.49. The number of likely N-dealkylation sites (tertiary alicyclic amines) is 1. The third-order valence-corrected chi connectivity index (χ3v) is 5.49. The largest absolute Gasteiger partial charge is 0.444 e. The van der Waals surface area contributed by atoms with Crippen molar-refractivity contribution in [2.75, 3.05) is 6.54 Å². The average molecular weight is 390 g/mol. The van der Waals surface area contributed by atoms with Crippen molar-refractivity contribution in [3.63, 3.8) is 0 Å². The van der Waals surface area contributed by atoms with Gasteiger partial charge in [0.25, 0.3) is 0 Å². The normalized spacial score (nSPS) is 20.9. The van der Waals surface area contributed by atoms with Crippen molar-refractivity contribution < 1.29 is 9.53 Å². The van der Waals surface area contributed by atoms with Gasteiger partial charge in [0.15, 0.2) is 0 Å². The molecule has 1 aliphatic rings. The highest BCUT2D eigenvalue weighted by molar-refractivity contribution is 5.69. The minimum atomic E-state index is -0.475. The zero-order valence-electron chi connectivity index (χ0n) is 19.0. The van der Waals surface area contributed by atoms with Crippen LogP contribution in [0.5, 0.6) is 0 Å². The van der Waals surface area contributed by atoms with E-state index in [1.165, 1.54) is 5.56 Å². The molecule has 0 spiro atoms. The standard InChI is InChI=1S/C23H39N3O2/c1-21(2,3)17-11-12-25-19(13-17)18(24)10-9-16-14-23(7,8)26(15-16)20(27)28-22(4,5)6/h11-13,16,18H,9-10,14-15,24H2,1-8H3/t16-,18?/m0/s1. The molecule has 1 aromatic heterocycles. The smallest absolute Gasteiger partial charge is 0.410 e. The van der Waals surface area contributed by atoms with Gasteiger partial charge in [0.05, 0.1) is 5.69 Å². The quantitative estimate of drug-likeness (QED) is 0.769. The number of carbonyl (C=O) groups excluding carboxylic acids is 1. The summed E-state index contributed by atoms with van der Waals surface area (Å²) >= 11 is 0. The number of hydrogen-bond donors (Lipinski definition) is 1. The minimum absolute atomic E-state index is 0.0824. The summed E-state index contributed by atoms with van der Waals surface area (Å²) in [4.78, 5) is 19.0. The highest BCUT2D eigenvalue weighted by Crippen LogP contribution is 2.37. The monoisotopic (exact) mass is 389 g/mol. The van der Waals surface area contributed by atoms with Crippen molar-refractivity contribution in [3.05, 3.63) is 29.6 Å². The lowest BCUT2D eigenvalue weighted by atomic mass is 9.86. The van der Waals surface area contributed by atoms with Crippen LogP contribution < -0.4 is 5.73 Å². The predicted molar refractivity (Wildman–Crippen MR) is 114 cm³/mol. The summed E-state index contributed by atoms with van der Waals surface area (Å²) in [7, 11) is 0. The van der Waals surface area contributed by atoms with Gasteiger partial charge in [-0.15, -0.1) is 0 Å². The van der Waals surface area contributed by atoms with Crippen LogP contribution in [0, 0.1) is 5.92 Å². The van der Waals surface area contributed by atoms with E-state index in [4.69, 9.17) is 10.5 Å². The third-order valence-electron chi connectivity index (χ3n) is 5.49. The second-order valence-electron chi connectivity index (χ2n) is 10.9. The summed E-state index contributed by atoms with van der Waals surface area (Å²) in [6.45, 7) is 17.3. The van der Waals surface area contributed by atoms with Gasteiger partial charge < -0.3 is 15.4 Å². The van der Waals surface area contributed by atoms with E-state index in [1.807, 2.05) is 31.9 Å². The molecule has 28 heavy (non-hydrogen) atoms. The van der Waals surface area contributed by atoms with Gasteiger partial charge in [-0.05, 0) is 82.9 Å². The fraction of sp³-hybridized carbons (Fsp3) is 0.739. The maximum atomic E-state index is 12.6. The number of amides is 1. The lowest BCUT2D eigenvalue weighted by Gasteiger charge is -2.33. The highest BCUT2D eigenvalue weighted by Gasteiger charge is 2.42. The zero-order valence-corrected chi connectivity index (χ0v) is 19.0. The van der Waals surface area contributed by atoms with E-state index in [-0.39, 0.29) is 23.1 Å². The number of nitrogens with two attached hydrogens (primary N) is 1. The summed E-state index contributed by atoms with van der Waals surface area (Å²) < 4.78 is 5.60. The average Bonchev–Trinajstić information content (AvgIpc) is 2.85. The van der Waals surface area contributed by atoms with Crippen LogP contribution in [-0.4, -0.2) is 33.7 Å². The molecule has 0 radical (unpaired) electrons. The van der Waals surface area contributed by atoms with Gasteiger partial charge in [0.1, 0.15) is 5.60 Å². The summed E-state index contributed by atoms with van der Waals surface area (Å²) in [5.41, 5.74) is 8.09. The number of aromatic nitrogens is 1. The van der Waals surface area contributed by atoms with Gasteiger partial charge in [-0.2, -0.15) is 0 Å². The van der Waals surface area contributed by atoms with Gasteiger partial charge in [0, 0.05) is 24.3 Å². The molecule has 2 atom stereocenters. The Labute approximate surface area is 171 Å². The van der Waals surface area contributed by atoms with Crippen molar-refractivity contribution in [2.45, 2.75) is 97.2 Å². The maximum absolute atomic E-state index is 12.6. The molecular formula is C23H39N3O2. The van der Waals surface area contributed by atoms with E-state index in [0.717, 1.165) is 31.5 Å². The second kappa shape index (κ2) is 8.02. The first-order valence-electron chi connectivity index (χ1n) is 10.4. The number of carbonyl (C=O) groups is 1. The van der Waals surface area contributed by atoms with Crippen molar-refractivity contribution in [1.82, 2.24) is 9.88 Å². The van der Waals surface area contributed by atoms with E-state index < -0.39 is 5.60 Å². The number of ether oxygens (including phenoxy) is 1. The molecule has 1 saturated heterocycles. The summed E-state index contributed by atoms with van der Waals surface area (Å²) in [5, 5.41) is 0. The topological polar surface area (TPSA) is 68.5 Å². The SMILES string of the molecule is CC(C)(C)OC(=O)N1C[C@@H](CCC(N)c2cc(C(C)(C)C)ccn2)CC1(C)C. The lowest BCUT2D eigenvalue weighted by molar-refractivity contribution is 0.0131. The Bertz CT molecular complexity index is 686. The lowest BCUT2D eigenvalue weighted by Crippen LogP contribution is -2.45. The first kappa shape index (κ1) is 22.7. The molecule has 0 aromatic carbocycles. The molecule has 2 heterocycles. The van der Waals surface area contributed by atoms with Gasteiger partial charge >= 0.3 is 6.09 Å². The maximum Gasteiger partial charge on any atom is 0.410 e. The van der Waals surface area contributed by atoms with Crippen molar-refractivity contribution in [3.8, 4) is 0 Å². The Hall–Kier alpha value is -1.62. The van der Waals surface area contributed by atoms with E-state index >= 15 is 0 Å². The van der Waals surface area contributed by atoms with Crippen LogP contribution in [0.15, 0.2) is 18.3 Å². The molecule has 0 aliphatic carbocycles. The molecule has 0 bridgehead atoms. The van der Waals surface area contributed by atoms with Gasteiger partial charge in [-0.25, -0.2) is 4.79 Å². The molecule has 1 aliphatic heterocycles. The first-order valence-corrected chi connectivity index (χ1v) is 10.4. The molecule has 1 amide bonds. The molecule has 1 fully saturated rings. The molecule has 1 aromatic rings. The number of rotatable bonds is 4. The highest BCUT2D eigenvalue weighted by atomic mass is 16.6. The fourth-order valence-corrected chi connectivity index (χ4v) is 3.90. The van der Waals surface area contributed by atoms with Crippen LogP contribution >= 0.6 is 0 Å². The molecule has 5 heteroatoms. The zero-order chi connectivity index (χ0) is 21.3. The van der Waals surface area contributed by atoms with Crippen molar-refractivity contribution in [1.29, 1.82) is 0 Å². The van der Waals surface area contributed by atoms with Crippen molar-refractivity contribution in [2.24, 2.45) is 11.7 Å². The number of pyridine rings is 1. The van der Waals surface area contributed by atoms with Gasteiger partial charge in [-0.1, -0.05) is 20.8 Å². The van der Waals surface area contributed by atoms with Crippen LogP contribution in [0.1, 0.15) is 92.0 Å². The minimum Gasteiger partial charge on any atom is -0.444 e. The Morgan fingerprint density at radius 2 is 1.96 bits per heavy atom. The van der Waals surface area contributed by atoms with E-state index in [9.17, 15) is 4.79 Å². The molecule has 1 unspecified atom stereocenters.